The lowest BCUT2D eigenvalue weighted by Gasteiger charge is -2.09. The number of halogens is 2. The molecule has 0 fully saturated rings. The Hall–Kier alpha value is -2.57. The van der Waals surface area contributed by atoms with Crippen molar-refractivity contribution in [2.45, 2.75) is 13.8 Å². The number of nitrogens with one attached hydrogen (secondary N) is 2. The smallest absolute Gasteiger partial charge is 0.427 e. The number of rotatable bonds is 5. The van der Waals surface area contributed by atoms with E-state index in [-0.39, 0.29) is 17.5 Å². The van der Waals surface area contributed by atoms with Crippen LogP contribution < -0.4 is 10.7 Å². The number of ether oxygens (including phenoxy) is 1. The van der Waals surface area contributed by atoms with Crippen LogP contribution >= 0.6 is 23.2 Å². The molecule has 136 valence electrons. The van der Waals surface area contributed by atoms with E-state index in [0.717, 1.165) is 5.56 Å². The molecule has 0 spiro atoms. The minimum atomic E-state index is -0.631. The first-order valence-corrected chi connectivity index (χ1v) is 8.50. The van der Waals surface area contributed by atoms with E-state index in [1.54, 1.807) is 50.2 Å². The van der Waals surface area contributed by atoms with Gasteiger partial charge >= 0.3 is 6.09 Å². The normalized spacial score (nSPS) is 11.0. The van der Waals surface area contributed by atoms with Crippen LogP contribution in [0.15, 0.2) is 47.6 Å². The first-order valence-electron chi connectivity index (χ1n) is 7.74. The second-order valence-electron chi connectivity index (χ2n) is 5.19. The fourth-order valence-corrected chi connectivity index (χ4v) is 2.55. The van der Waals surface area contributed by atoms with E-state index in [0.29, 0.717) is 22.0 Å². The van der Waals surface area contributed by atoms with Crippen molar-refractivity contribution in [2.24, 2.45) is 5.10 Å². The summed E-state index contributed by atoms with van der Waals surface area (Å²) in [5, 5.41) is 7.44. The molecule has 6 nitrogen and oxygen atoms in total. The van der Waals surface area contributed by atoms with Crippen molar-refractivity contribution in [1.82, 2.24) is 5.43 Å². The first-order chi connectivity index (χ1) is 12.4. The molecule has 2 aromatic rings. The number of nitrogens with zero attached hydrogens (tertiary/aromatic N) is 1. The zero-order valence-corrected chi connectivity index (χ0v) is 15.7. The molecule has 26 heavy (non-hydrogen) atoms. The molecule has 0 aliphatic heterocycles. The van der Waals surface area contributed by atoms with Crippen LogP contribution in [0.25, 0.3) is 0 Å². The number of hydrogen-bond acceptors (Lipinski definition) is 4. The Morgan fingerprint density at radius 2 is 1.92 bits per heavy atom. The van der Waals surface area contributed by atoms with Crippen LogP contribution in [0.1, 0.15) is 29.8 Å². The van der Waals surface area contributed by atoms with Gasteiger partial charge in [-0.15, -0.1) is 0 Å². The summed E-state index contributed by atoms with van der Waals surface area (Å²) in [5.74, 6) is -0.358. The quantitative estimate of drug-likeness (QED) is 0.569. The topological polar surface area (TPSA) is 79.8 Å². The van der Waals surface area contributed by atoms with E-state index in [2.05, 4.69) is 15.8 Å². The van der Waals surface area contributed by atoms with Crippen molar-refractivity contribution in [3.8, 4) is 0 Å². The van der Waals surface area contributed by atoms with Gasteiger partial charge in [0, 0.05) is 10.7 Å². The van der Waals surface area contributed by atoms with Crippen molar-refractivity contribution >= 4 is 46.6 Å². The van der Waals surface area contributed by atoms with Gasteiger partial charge in [-0.05, 0) is 49.7 Å². The second-order valence-corrected chi connectivity index (χ2v) is 6.03. The Bertz CT molecular complexity index is 853. The molecule has 0 bridgehead atoms. The third kappa shape index (κ3) is 5.47. The van der Waals surface area contributed by atoms with E-state index < -0.39 is 6.09 Å². The van der Waals surface area contributed by atoms with Crippen molar-refractivity contribution in [3.05, 3.63) is 63.6 Å². The molecule has 0 saturated carbocycles. The summed E-state index contributed by atoms with van der Waals surface area (Å²) < 4.78 is 4.74. The third-order valence-corrected chi connectivity index (χ3v) is 3.85. The van der Waals surface area contributed by atoms with Gasteiger partial charge in [-0.1, -0.05) is 35.3 Å². The molecular weight excluding hydrogens is 377 g/mol. The van der Waals surface area contributed by atoms with Crippen LogP contribution in [0.2, 0.25) is 10.0 Å². The van der Waals surface area contributed by atoms with Gasteiger partial charge in [-0.2, -0.15) is 5.10 Å². The molecule has 2 amide bonds. The SMILES string of the molecule is CCOC(=O)N/N=C(\C)c1cccc(NC(=O)c2ccc(Cl)cc2Cl)c1. The molecule has 0 heterocycles. The molecule has 0 atom stereocenters. The summed E-state index contributed by atoms with van der Waals surface area (Å²) in [7, 11) is 0. The Morgan fingerprint density at radius 3 is 2.62 bits per heavy atom. The minimum absolute atomic E-state index is 0.259. The molecule has 2 N–H and O–H groups in total. The number of carbonyl (C=O) groups is 2. The van der Waals surface area contributed by atoms with Gasteiger partial charge in [0.05, 0.1) is 22.9 Å². The lowest BCUT2D eigenvalue weighted by Crippen LogP contribution is -2.20. The van der Waals surface area contributed by atoms with E-state index in [9.17, 15) is 9.59 Å². The van der Waals surface area contributed by atoms with Crippen molar-refractivity contribution < 1.29 is 14.3 Å². The Morgan fingerprint density at radius 1 is 1.15 bits per heavy atom. The third-order valence-electron chi connectivity index (χ3n) is 3.30. The van der Waals surface area contributed by atoms with Crippen molar-refractivity contribution in [1.29, 1.82) is 0 Å². The van der Waals surface area contributed by atoms with Crippen molar-refractivity contribution in [2.75, 3.05) is 11.9 Å². The fourth-order valence-electron chi connectivity index (χ4n) is 2.05. The van der Waals surface area contributed by atoms with Crippen molar-refractivity contribution in [3.63, 3.8) is 0 Å². The average Bonchev–Trinajstić information content (AvgIpc) is 2.60. The van der Waals surface area contributed by atoms with Gasteiger partial charge in [0.1, 0.15) is 0 Å². The molecule has 8 heteroatoms. The van der Waals surface area contributed by atoms with Crippen LogP contribution in [0, 0.1) is 0 Å². The zero-order chi connectivity index (χ0) is 19.1. The van der Waals surface area contributed by atoms with Gasteiger partial charge in [0.15, 0.2) is 0 Å². The Labute approximate surface area is 161 Å². The molecule has 0 aliphatic carbocycles. The van der Waals surface area contributed by atoms with E-state index in [1.165, 1.54) is 6.07 Å². The zero-order valence-electron chi connectivity index (χ0n) is 14.2. The van der Waals surface area contributed by atoms with Gasteiger partial charge in [0.2, 0.25) is 0 Å². The molecule has 0 saturated heterocycles. The monoisotopic (exact) mass is 393 g/mol. The summed E-state index contributed by atoms with van der Waals surface area (Å²) in [5.41, 5.74) is 4.44. The van der Waals surface area contributed by atoms with E-state index in [1.807, 2.05) is 0 Å². The minimum Gasteiger partial charge on any atom is -0.449 e. The molecule has 0 radical (unpaired) electrons. The van der Waals surface area contributed by atoms with Crippen LogP contribution in [0.5, 0.6) is 0 Å². The van der Waals surface area contributed by atoms with E-state index >= 15 is 0 Å². The number of amides is 2. The molecular formula is C18H17Cl2N3O3. The summed E-state index contributed by atoms with van der Waals surface area (Å²) in [6.45, 7) is 3.69. The van der Waals surface area contributed by atoms with Crippen LogP contribution in [0.3, 0.4) is 0 Å². The molecule has 0 aromatic heterocycles. The molecule has 0 aliphatic rings. The number of benzene rings is 2. The molecule has 2 rings (SSSR count). The maximum atomic E-state index is 12.4. The lowest BCUT2D eigenvalue weighted by molar-refractivity contribution is 0.102. The predicted octanol–water partition coefficient (Wildman–Crippen LogP) is 4.72. The first kappa shape index (κ1) is 19.8. The van der Waals surface area contributed by atoms with Gasteiger partial charge < -0.3 is 10.1 Å². The Kier molecular flexibility index (Phi) is 7.00. The highest BCUT2D eigenvalue weighted by Gasteiger charge is 2.11. The number of hydrazone groups is 1. The van der Waals surface area contributed by atoms with Crippen LogP contribution in [0.4, 0.5) is 10.5 Å². The highest BCUT2D eigenvalue weighted by atomic mass is 35.5. The second kappa shape index (κ2) is 9.22. The average molecular weight is 394 g/mol. The maximum Gasteiger partial charge on any atom is 0.427 e. The lowest BCUT2D eigenvalue weighted by atomic mass is 10.1. The number of anilines is 1. The molecule has 2 aromatic carbocycles. The number of hydrogen-bond donors (Lipinski definition) is 2. The molecule has 0 unspecified atom stereocenters. The summed E-state index contributed by atoms with van der Waals surface area (Å²) in [4.78, 5) is 23.7. The fraction of sp³-hybridized carbons (Fsp3) is 0.167. The van der Waals surface area contributed by atoms with Gasteiger partial charge in [-0.25, -0.2) is 10.2 Å². The van der Waals surface area contributed by atoms with Crippen LogP contribution in [-0.4, -0.2) is 24.3 Å². The Balaban J connectivity index is 2.12. The van der Waals surface area contributed by atoms with Gasteiger partial charge in [0.25, 0.3) is 5.91 Å². The van der Waals surface area contributed by atoms with Crippen LogP contribution in [-0.2, 0) is 4.74 Å². The number of carbonyl (C=O) groups excluding carboxylic acids is 2. The highest BCUT2D eigenvalue weighted by molar-refractivity contribution is 6.37. The van der Waals surface area contributed by atoms with Gasteiger partial charge in [-0.3, -0.25) is 4.79 Å². The summed E-state index contributed by atoms with van der Waals surface area (Å²) in [6, 6.07) is 11.7. The standard InChI is InChI=1S/C18H17Cl2N3O3/c1-3-26-18(25)23-22-11(2)12-5-4-6-14(9-12)21-17(24)15-8-7-13(19)10-16(15)20/h4-10H,3H2,1-2H3,(H,21,24)(H,23,25)/b22-11+. The summed E-state index contributed by atoms with van der Waals surface area (Å²) in [6.07, 6.45) is -0.631. The van der Waals surface area contributed by atoms with E-state index in [4.69, 9.17) is 27.9 Å². The maximum absolute atomic E-state index is 12.4. The predicted molar refractivity (Wildman–Crippen MR) is 103 cm³/mol. The highest BCUT2D eigenvalue weighted by Crippen LogP contribution is 2.22. The summed E-state index contributed by atoms with van der Waals surface area (Å²) >= 11 is 11.9. The largest absolute Gasteiger partial charge is 0.449 e.